The first-order valence-corrected chi connectivity index (χ1v) is 7.67. The van der Waals surface area contributed by atoms with Gasteiger partial charge in [-0.1, -0.05) is 52.3 Å². The van der Waals surface area contributed by atoms with Crippen LogP contribution in [0.4, 0.5) is 5.69 Å². The van der Waals surface area contributed by atoms with Gasteiger partial charge < -0.3 is 10.8 Å². The van der Waals surface area contributed by atoms with Crippen molar-refractivity contribution in [3.05, 3.63) is 30.3 Å². The molecule has 0 bridgehead atoms. The molecule has 1 aromatic carbocycles. The Morgan fingerprint density at radius 2 is 1.73 bits per heavy atom. The summed E-state index contributed by atoms with van der Waals surface area (Å²) in [4.78, 5) is 25.9. The van der Waals surface area contributed by atoms with E-state index in [1.54, 1.807) is 24.3 Å². The van der Waals surface area contributed by atoms with Gasteiger partial charge in [-0.2, -0.15) is 0 Å². The number of nitrogens with two attached hydrogens (primary N) is 1. The molecule has 5 nitrogen and oxygen atoms in total. The number of amides is 1. The molecule has 1 amide bonds. The molecular formula is C17H26N2O3. The molecule has 0 saturated heterocycles. The highest BCUT2D eigenvalue weighted by molar-refractivity contribution is 6.02. The van der Waals surface area contributed by atoms with Crippen LogP contribution in [0.25, 0.3) is 0 Å². The predicted molar refractivity (Wildman–Crippen MR) is 87.6 cm³/mol. The Balaban J connectivity index is 3.32. The maximum atomic E-state index is 12.8. The van der Waals surface area contributed by atoms with E-state index in [0.29, 0.717) is 12.1 Å². The van der Waals surface area contributed by atoms with E-state index in [0.717, 1.165) is 0 Å². The summed E-state index contributed by atoms with van der Waals surface area (Å²) in [5, 5.41) is 9.64. The van der Waals surface area contributed by atoms with Gasteiger partial charge in [0.25, 0.3) is 0 Å². The number of para-hydroxylation sites is 1. The Morgan fingerprint density at radius 3 is 2.14 bits per heavy atom. The zero-order valence-corrected chi connectivity index (χ0v) is 13.7. The van der Waals surface area contributed by atoms with Crippen LogP contribution in [0.3, 0.4) is 0 Å². The van der Waals surface area contributed by atoms with Gasteiger partial charge in [0.1, 0.15) is 6.04 Å². The standard InChI is InChI=1S/C17H26N2O3/c1-5-12(4)15(17(21)22)19(13-9-7-6-8-10-13)16(20)14(18)11(2)3/h6-12,14-15H,5,18H2,1-4H3,(H,21,22). The van der Waals surface area contributed by atoms with Crippen molar-refractivity contribution in [2.45, 2.75) is 46.2 Å². The Labute approximate surface area is 132 Å². The van der Waals surface area contributed by atoms with Gasteiger partial charge in [0.05, 0.1) is 6.04 Å². The lowest BCUT2D eigenvalue weighted by Crippen LogP contribution is -2.55. The molecule has 3 atom stereocenters. The summed E-state index contributed by atoms with van der Waals surface area (Å²) in [5.41, 5.74) is 6.56. The van der Waals surface area contributed by atoms with Crippen molar-refractivity contribution < 1.29 is 14.7 Å². The smallest absolute Gasteiger partial charge is 0.327 e. The van der Waals surface area contributed by atoms with E-state index in [2.05, 4.69) is 0 Å². The molecule has 0 radical (unpaired) electrons. The van der Waals surface area contributed by atoms with E-state index in [9.17, 15) is 14.7 Å². The summed E-state index contributed by atoms with van der Waals surface area (Å²) >= 11 is 0. The highest BCUT2D eigenvalue weighted by Crippen LogP contribution is 2.24. The lowest BCUT2D eigenvalue weighted by molar-refractivity contribution is -0.141. The average molecular weight is 306 g/mol. The molecule has 0 aliphatic heterocycles. The molecule has 0 aliphatic rings. The van der Waals surface area contributed by atoms with Crippen molar-refractivity contribution in [1.29, 1.82) is 0 Å². The van der Waals surface area contributed by atoms with E-state index >= 15 is 0 Å². The predicted octanol–water partition coefficient (Wildman–Crippen LogP) is 2.50. The number of carboxylic acid groups (broad SMARTS) is 1. The molecule has 0 aliphatic carbocycles. The lowest BCUT2D eigenvalue weighted by Gasteiger charge is -2.35. The van der Waals surface area contributed by atoms with Crippen LogP contribution in [-0.2, 0) is 9.59 Å². The molecule has 122 valence electrons. The quantitative estimate of drug-likeness (QED) is 0.810. The fourth-order valence-corrected chi connectivity index (χ4v) is 2.29. The van der Waals surface area contributed by atoms with Gasteiger partial charge in [-0.25, -0.2) is 4.79 Å². The summed E-state index contributed by atoms with van der Waals surface area (Å²) in [6.45, 7) is 7.45. The van der Waals surface area contributed by atoms with Gasteiger partial charge in [-0.15, -0.1) is 0 Å². The maximum Gasteiger partial charge on any atom is 0.327 e. The monoisotopic (exact) mass is 306 g/mol. The van der Waals surface area contributed by atoms with Gasteiger partial charge in [0, 0.05) is 5.69 Å². The summed E-state index contributed by atoms with van der Waals surface area (Å²) in [6.07, 6.45) is 0.657. The van der Waals surface area contributed by atoms with Crippen molar-refractivity contribution in [3.63, 3.8) is 0 Å². The van der Waals surface area contributed by atoms with E-state index in [4.69, 9.17) is 5.73 Å². The van der Waals surface area contributed by atoms with Crippen LogP contribution in [0.15, 0.2) is 30.3 Å². The van der Waals surface area contributed by atoms with E-state index in [1.165, 1.54) is 4.90 Å². The van der Waals surface area contributed by atoms with Crippen LogP contribution in [0.2, 0.25) is 0 Å². The number of nitrogens with zero attached hydrogens (tertiary/aromatic N) is 1. The van der Waals surface area contributed by atoms with Crippen LogP contribution >= 0.6 is 0 Å². The Bertz CT molecular complexity index is 502. The molecule has 1 aromatic rings. The van der Waals surface area contributed by atoms with Crippen LogP contribution in [0.5, 0.6) is 0 Å². The molecular weight excluding hydrogens is 280 g/mol. The Kier molecular flexibility index (Phi) is 6.56. The van der Waals surface area contributed by atoms with Gasteiger partial charge in [0.15, 0.2) is 0 Å². The van der Waals surface area contributed by atoms with Crippen molar-refractivity contribution in [3.8, 4) is 0 Å². The second kappa shape index (κ2) is 7.94. The molecule has 0 saturated carbocycles. The molecule has 0 heterocycles. The van der Waals surface area contributed by atoms with Gasteiger partial charge in [0.2, 0.25) is 5.91 Å². The van der Waals surface area contributed by atoms with Gasteiger partial charge in [-0.05, 0) is 24.0 Å². The minimum atomic E-state index is -1.01. The number of carbonyl (C=O) groups is 2. The molecule has 3 unspecified atom stereocenters. The third-order valence-electron chi connectivity index (χ3n) is 3.99. The SMILES string of the molecule is CCC(C)C(C(=O)O)N(C(=O)C(N)C(C)C)c1ccccc1. The molecule has 5 heteroatoms. The fourth-order valence-electron chi connectivity index (χ4n) is 2.29. The topological polar surface area (TPSA) is 83.6 Å². The minimum Gasteiger partial charge on any atom is -0.480 e. The van der Waals surface area contributed by atoms with Gasteiger partial charge >= 0.3 is 5.97 Å². The van der Waals surface area contributed by atoms with E-state index in [-0.39, 0.29) is 17.7 Å². The summed E-state index contributed by atoms with van der Waals surface area (Å²) in [6, 6.07) is 7.22. The average Bonchev–Trinajstić information content (AvgIpc) is 2.50. The molecule has 0 aromatic heterocycles. The van der Waals surface area contributed by atoms with E-state index < -0.39 is 18.1 Å². The third-order valence-corrected chi connectivity index (χ3v) is 3.99. The van der Waals surface area contributed by atoms with Crippen molar-refractivity contribution in [1.82, 2.24) is 0 Å². The molecule has 0 fully saturated rings. The first-order valence-electron chi connectivity index (χ1n) is 7.67. The summed E-state index contributed by atoms with van der Waals surface area (Å²) in [7, 11) is 0. The summed E-state index contributed by atoms with van der Waals surface area (Å²) in [5.74, 6) is -1.61. The number of aliphatic carboxylic acids is 1. The van der Waals surface area contributed by atoms with Crippen molar-refractivity contribution in [2.24, 2.45) is 17.6 Å². The Morgan fingerprint density at radius 1 is 1.18 bits per heavy atom. The second-order valence-corrected chi connectivity index (χ2v) is 5.98. The molecule has 3 N–H and O–H groups in total. The number of carboxylic acids is 1. The number of rotatable bonds is 7. The Hall–Kier alpha value is -1.88. The first kappa shape index (κ1) is 18.2. The minimum absolute atomic E-state index is 0.0647. The first-order chi connectivity index (χ1) is 10.3. The molecule has 0 spiro atoms. The number of hydrogen-bond donors (Lipinski definition) is 2. The highest BCUT2D eigenvalue weighted by atomic mass is 16.4. The van der Waals surface area contributed by atoms with Crippen LogP contribution < -0.4 is 10.6 Å². The normalized spacial score (nSPS) is 15.2. The van der Waals surface area contributed by atoms with Crippen LogP contribution in [-0.4, -0.2) is 29.1 Å². The van der Waals surface area contributed by atoms with E-state index in [1.807, 2.05) is 33.8 Å². The number of benzene rings is 1. The van der Waals surface area contributed by atoms with Gasteiger partial charge in [-0.3, -0.25) is 9.69 Å². The maximum absolute atomic E-state index is 12.8. The molecule has 1 rings (SSSR count). The second-order valence-electron chi connectivity index (χ2n) is 5.98. The zero-order valence-electron chi connectivity index (χ0n) is 13.7. The lowest BCUT2D eigenvalue weighted by atomic mass is 9.94. The molecule has 22 heavy (non-hydrogen) atoms. The summed E-state index contributed by atoms with van der Waals surface area (Å²) < 4.78 is 0. The van der Waals surface area contributed by atoms with Crippen molar-refractivity contribution >= 4 is 17.6 Å². The number of anilines is 1. The largest absolute Gasteiger partial charge is 0.480 e. The fraction of sp³-hybridized carbons (Fsp3) is 0.529. The number of carbonyl (C=O) groups excluding carboxylic acids is 1. The van der Waals surface area contributed by atoms with Crippen LogP contribution in [0, 0.1) is 11.8 Å². The number of hydrogen-bond acceptors (Lipinski definition) is 3. The zero-order chi connectivity index (χ0) is 16.9. The highest BCUT2D eigenvalue weighted by Gasteiger charge is 2.37. The van der Waals surface area contributed by atoms with Crippen molar-refractivity contribution in [2.75, 3.05) is 4.90 Å². The van der Waals surface area contributed by atoms with Crippen LogP contribution in [0.1, 0.15) is 34.1 Å². The third kappa shape index (κ3) is 4.07.